The standard InChI is InChI=1S/C48H26BNOSSi/c1-6-17-36-31(16-1)45-47-35(25-33-27-12-2-7-20-40(27)52-48(33)45)49-34-24-32-30-15-5-10-23-43(30)53(41-21-8-3-13-28(41)29-14-4-9-22-42(29)53)44(32)26-39(34)51-38-19-11-18-37(46(38)49)50(36)47/h1-26H. The molecule has 0 N–H and O–H groups in total. The maximum Gasteiger partial charge on any atom is 0.256 e. The van der Waals surface area contributed by atoms with Crippen molar-refractivity contribution in [1.82, 2.24) is 4.57 Å². The summed E-state index contributed by atoms with van der Waals surface area (Å²) < 4.78 is 12.4. The number of nitrogens with zero attached hydrogens (tertiary/aromatic N) is 1. The predicted molar refractivity (Wildman–Crippen MR) is 226 cm³/mol. The Labute approximate surface area is 310 Å². The Morgan fingerprint density at radius 2 is 1.17 bits per heavy atom. The summed E-state index contributed by atoms with van der Waals surface area (Å²) in [4.78, 5) is 0. The summed E-state index contributed by atoms with van der Waals surface area (Å²) in [6.45, 7) is 0.0335. The lowest BCUT2D eigenvalue weighted by Gasteiger charge is -2.34. The van der Waals surface area contributed by atoms with Crippen molar-refractivity contribution in [1.29, 1.82) is 0 Å². The smallest absolute Gasteiger partial charge is 0.256 e. The molecule has 0 bridgehead atoms. The average Bonchev–Trinajstić information content (AvgIpc) is 3.93. The second kappa shape index (κ2) is 9.26. The van der Waals surface area contributed by atoms with Crippen LogP contribution < -0.4 is 41.9 Å². The summed E-state index contributed by atoms with van der Waals surface area (Å²) in [5, 5.41) is 11.3. The maximum atomic E-state index is 7.18. The number of rotatable bonds is 0. The van der Waals surface area contributed by atoms with Gasteiger partial charge in [0.05, 0.1) is 11.0 Å². The van der Waals surface area contributed by atoms with Gasteiger partial charge in [-0.05, 0) is 89.7 Å². The summed E-state index contributed by atoms with van der Waals surface area (Å²) in [5.41, 5.74) is 13.2. The number of fused-ring (bicyclic) bond motifs is 21. The van der Waals surface area contributed by atoms with Crippen LogP contribution >= 0.6 is 11.3 Å². The number of hydrogen-bond acceptors (Lipinski definition) is 2. The molecule has 1 spiro atoms. The van der Waals surface area contributed by atoms with Crippen LogP contribution in [0.4, 0.5) is 0 Å². The van der Waals surface area contributed by atoms with Gasteiger partial charge in [-0.25, -0.2) is 0 Å². The molecule has 2 nitrogen and oxygen atoms in total. The molecule has 5 heteroatoms. The molecule has 0 radical (unpaired) electrons. The van der Waals surface area contributed by atoms with Crippen molar-refractivity contribution in [2.24, 2.45) is 0 Å². The highest BCUT2D eigenvalue weighted by molar-refractivity contribution is 7.27. The fourth-order valence-electron chi connectivity index (χ4n) is 11.0. The number of ether oxygens (including phenoxy) is 1. The third-order valence-corrected chi connectivity index (χ3v) is 19.0. The van der Waals surface area contributed by atoms with Crippen molar-refractivity contribution in [3.05, 3.63) is 158 Å². The first-order valence-corrected chi connectivity index (χ1v) is 21.3. The van der Waals surface area contributed by atoms with Gasteiger partial charge in [0.15, 0.2) is 8.07 Å². The Hall–Kier alpha value is -6.14. The van der Waals surface area contributed by atoms with Gasteiger partial charge < -0.3 is 9.30 Å². The summed E-state index contributed by atoms with van der Waals surface area (Å²) in [6, 6.07) is 59.8. The Morgan fingerprint density at radius 3 is 1.94 bits per heavy atom. The molecule has 4 aliphatic rings. The summed E-state index contributed by atoms with van der Waals surface area (Å²) >= 11 is 1.93. The van der Waals surface area contributed by atoms with E-state index in [4.69, 9.17) is 4.74 Å². The quantitative estimate of drug-likeness (QED) is 0.150. The van der Waals surface area contributed by atoms with E-state index in [1.165, 1.54) is 107 Å². The van der Waals surface area contributed by atoms with Crippen LogP contribution in [0.1, 0.15) is 0 Å². The molecule has 0 saturated heterocycles. The topological polar surface area (TPSA) is 14.2 Å². The highest BCUT2D eigenvalue weighted by atomic mass is 32.1. The van der Waals surface area contributed by atoms with Crippen molar-refractivity contribution in [3.63, 3.8) is 0 Å². The average molecular weight is 704 g/mol. The molecule has 8 aromatic carbocycles. The number of benzene rings is 8. The normalized spacial score (nSPS) is 14.7. The molecule has 0 fully saturated rings. The van der Waals surface area contributed by atoms with Crippen molar-refractivity contribution in [2.45, 2.75) is 0 Å². The summed E-state index contributed by atoms with van der Waals surface area (Å²) in [7, 11) is -2.60. The minimum Gasteiger partial charge on any atom is -0.458 e. The van der Waals surface area contributed by atoms with Crippen LogP contribution in [0, 0.1) is 0 Å². The van der Waals surface area contributed by atoms with Gasteiger partial charge in [0.2, 0.25) is 0 Å². The number of para-hydroxylation sites is 1. The van der Waals surface area contributed by atoms with Crippen LogP contribution in [0.3, 0.4) is 0 Å². The van der Waals surface area contributed by atoms with Crippen LogP contribution in [0.2, 0.25) is 0 Å². The van der Waals surface area contributed by atoms with E-state index in [2.05, 4.69) is 162 Å². The van der Waals surface area contributed by atoms with Crippen molar-refractivity contribution in [2.75, 3.05) is 0 Å². The van der Waals surface area contributed by atoms with Crippen molar-refractivity contribution >= 4 is 105 Å². The van der Waals surface area contributed by atoms with Crippen molar-refractivity contribution in [3.8, 4) is 39.4 Å². The molecule has 0 saturated carbocycles. The SMILES string of the molecule is c1ccc2c(c1)-c1ccccc1[Si]21c2ccccc2-c2cc3c(cc21)Oc1cccc2c1B3c1cc3c4ccccc4sc3c3c4ccccc4n-2c13. The Bertz CT molecular complexity index is 3310. The Morgan fingerprint density at radius 1 is 0.509 bits per heavy atom. The van der Waals surface area contributed by atoms with Gasteiger partial charge in [-0.2, -0.15) is 0 Å². The van der Waals surface area contributed by atoms with Gasteiger partial charge in [-0.1, -0.05) is 127 Å². The maximum absolute atomic E-state index is 7.18. The minimum absolute atomic E-state index is 0.0335. The second-order valence-electron chi connectivity index (χ2n) is 15.1. The van der Waals surface area contributed by atoms with E-state index in [1.807, 2.05) is 11.3 Å². The van der Waals surface area contributed by atoms with Crippen LogP contribution in [0.15, 0.2) is 158 Å². The van der Waals surface area contributed by atoms with E-state index in [0.29, 0.717) is 0 Å². The van der Waals surface area contributed by atoms with Crippen LogP contribution in [-0.2, 0) is 0 Å². The lowest BCUT2D eigenvalue weighted by Crippen LogP contribution is -2.71. The summed E-state index contributed by atoms with van der Waals surface area (Å²) in [5.74, 6) is 1.96. The van der Waals surface area contributed by atoms with E-state index < -0.39 is 8.07 Å². The minimum atomic E-state index is -2.60. The molecule has 10 aromatic rings. The highest BCUT2D eigenvalue weighted by Crippen LogP contribution is 2.45. The monoisotopic (exact) mass is 703 g/mol. The third-order valence-electron chi connectivity index (χ3n) is 12.9. The van der Waals surface area contributed by atoms with Gasteiger partial charge in [-0.15, -0.1) is 11.3 Å². The molecule has 0 aliphatic carbocycles. The molecule has 242 valence electrons. The van der Waals surface area contributed by atoms with Gasteiger partial charge >= 0.3 is 0 Å². The summed E-state index contributed by atoms with van der Waals surface area (Å²) in [6.07, 6.45) is 0. The highest BCUT2D eigenvalue weighted by Gasteiger charge is 2.55. The lowest BCUT2D eigenvalue weighted by molar-refractivity contribution is 0.487. The molecule has 53 heavy (non-hydrogen) atoms. The first-order valence-electron chi connectivity index (χ1n) is 18.5. The van der Waals surface area contributed by atoms with Gasteiger partial charge in [0, 0.05) is 36.6 Å². The first-order chi connectivity index (χ1) is 26.3. The van der Waals surface area contributed by atoms with Crippen molar-refractivity contribution < 1.29 is 4.74 Å². The van der Waals surface area contributed by atoms with Gasteiger partial charge in [0.25, 0.3) is 6.71 Å². The molecule has 0 atom stereocenters. The first kappa shape index (κ1) is 27.5. The van der Waals surface area contributed by atoms with Crippen LogP contribution in [0.5, 0.6) is 11.5 Å². The second-order valence-corrected chi connectivity index (χ2v) is 19.8. The van der Waals surface area contributed by atoms with E-state index in [9.17, 15) is 0 Å². The Balaban J connectivity index is 1.14. The molecule has 14 rings (SSSR count). The number of hydrogen-bond donors (Lipinski definition) is 0. The molecular formula is C48H26BNOSSi. The van der Waals surface area contributed by atoms with E-state index in [-0.39, 0.29) is 6.71 Å². The lowest BCUT2D eigenvalue weighted by atomic mass is 9.34. The fraction of sp³-hybridized carbons (Fsp3) is 0. The zero-order valence-corrected chi connectivity index (χ0v) is 30.2. The zero-order valence-electron chi connectivity index (χ0n) is 28.4. The molecule has 6 heterocycles. The molecule has 0 amide bonds. The van der Waals surface area contributed by atoms with E-state index >= 15 is 0 Å². The van der Waals surface area contributed by atoms with Crippen LogP contribution in [-0.4, -0.2) is 19.4 Å². The fourth-order valence-corrected chi connectivity index (χ4v) is 17.8. The molecular weight excluding hydrogens is 677 g/mol. The Kier molecular flexibility index (Phi) is 4.80. The van der Waals surface area contributed by atoms with Crippen LogP contribution in [0.25, 0.3) is 69.9 Å². The predicted octanol–water partition coefficient (Wildman–Crippen LogP) is 7.43. The third kappa shape index (κ3) is 3.02. The van der Waals surface area contributed by atoms with E-state index in [0.717, 1.165) is 11.5 Å². The number of thiophene rings is 1. The molecule has 2 aromatic heterocycles. The largest absolute Gasteiger partial charge is 0.458 e. The molecule has 4 aliphatic heterocycles. The van der Waals surface area contributed by atoms with Gasteiger partial charge in [-0.3, -0.25) is 0 Å². The van der Waals surface area contributed by atoms with E-state index in [1.54, 1.807) is 0 Å². The van der Waals surface area contributed by atoms with Gasteiger partial charge in [0.1, 0.15) is 11.5 Å². The number of aromatic nitrogens is 1. The zero-order chi connectivity index (χ0) is 34.2. The molecule has 0 unspecified atom stereocenters.